The van der Waals surface area contributed by atoms with Gasteiger partial charge in [-0.15, -0.1) is 0 Å². The second kappa shape index (κ2) is 7.65. The van der Waals surface area contributed by atoms with Crippen molar-refractivity contribution in [2.75, 3.05) is 20.2 Å². The molecule has 0 atom stereocenters. The van der Waals surface area contributed by atoms with Crippen LogP contribution in [-0.4, -0.2) is 51.0 Å². The van der Waals surface area contributed by atoms with Crippen LogP contribution >= 0.6 is 0 Å². The fourth-order valence-corrected chi connectivity index (χ4v) is 3.02. The topological polar surface area (TPSA) is 76.0 Å². The average molecular weight is 367 g/mol. The number of ether oxygens (including phenoxy) is 1. The Labute approximate surface area is 159 Å². The number of amides is 1. The number of para-hydroxylation sites is 1. The molecule has 1 amide bonds. The molecule has 0 bridgehead atoms. The van der Waals surface area contributed by atoms with Crippen molar-refractivity contribution in [1.29, 1.82) is 0 Å². The molecule has 0 fully saturated rings. The summed E-state index contributed by atoms with van der Waals surface area (Å²) in [5.74, 6) is 0.714. The van der Waals surface area contributed by atoms with Crippen molar-refractivity contribution >= 4 is 5.91 Å². The molecule has 0 radical (unpaired) electrons. The Hall–Kier alpha value is -3.09. The molecular formula is C20H25N5O2. The quantitative estimate of drug-likeness (QED) is 0.727. The second-order valence-electron chi connectivity index (χ2n) is 6.68. The van der Waals surface area contributed by atoms with Crippen molar-refractivity contribution in [3.63, 3.8) is 0 Å². The summed E-state index contributed by atoms with van der Waals surface area (Å²) in [5, 5.41) is 11.6. The lowest BCUT2D eigenvalue weighted by molar-refractivity contribution is 0.0768. The van der Waals surface area contributed by atoms with Crippen molar-refractivity contribution in [2.24, 2.45) is 7.05 Å². The summed E-state index contributed by atoms with van der Waals surface area (Å²) in [7, 11) is 3.65. The number of aromatic amines is 1. The largest absolute Gasteiger partial charge is 0.491 e. The third-order valence-electron chi connectivity index (χ3n) is 4.70. The zero-order valence-electron chi connectivity index (χ0n) is 16.4. The van der Waals surface area contributed by atoms with Gasteiger partial charge in [0.2, 0.25) is 0 Å². The first-order chi connectivity index (χ1) is 12.9. The van der Waals surface area contributed by atoms with Gasteiger partial charge in [0.1, 0.15) is 18.1 Å². The SMILES string of the molecule is Cc1ccccc1OCCN(C)C(=O)c1cc(-c2c(C)nn(C)c2C)n[nH]1. The number of benzene rings is 1. The van der Waals surface area contributed by atoms with Gasteiger partial charge in [0.25, 0.3) is 5.91 Å². The van der Waals surface area contributed by atoms with Crippen LogP contribution in [0.25, 0.3) is 11.3 Å². The van der Waals surface area contributed by atoms with Gasteiger partial charge in [-0.3, -0.25) is 14.6 Å². The Kier molecular flexibility index (Phi) is 5.30. The third-order valence-corrected chi connectivity index (χ3v) is 4.70. The van der Waals surface area contributed by atoms with E-state index in [4.69, 9.17) is 4.74 Å². The number of nitrogens with one attached hydrogen (secondary N) is 1. The van der Waals surface area contributed by atoms with E-state index in [-0.39, 0.29) is 5.91 Å². The van der Waals surface area contributed by atoms with Gasteiger partial charge in [-0.05, 0) is 38.5 Å². The summed E-state index contributed by atoms with van der Waals surface area (Å²) in [6.07, 6.45) is 0. The summed E-state index contributed by atoms with van der Waals surface area (Å²) < 4.78 is 7.59. The van der Waals surface area contributed by atoms with Gasteiger partial charge in [-0.1, -0.05) is 18.2 Å². The summed E-state index contributed by atoms with van der Waals surface area (Å²) in [5.41, 5.74) is 5.11. The summed E-state index contributed by atoms with van der Waals surface area (Å²) in [4.78, 5) is 14.3. The van der Waals surface area contributed by atoms with E-state index in [0.29, 0.717) is 18.8 Å². The number of carbonyl (C=O) groups is 1. The number of nitrogens with zero attached hydrogens (tertiary/aromatic N) is 4. The molecule has 0 saturated carbocycles. The lowest BCUT2D eigenvalue weighted by atomic mass is 10.1. The fraction of sp³-hybridized carbons (Fsp3) is 0.350. The highest BCUT2D eigenvalue weighted by Crippen LogP contribution is 2.25. The van der Waals surface area contributed by atoms with Gasteiger partial charge < -0.3 is 9.64 Å². The highest BCUT2D eigenvalue weighted by molar-refractivity contribution is 5.93. The summed E-state index contributed by atoms with van der Waals surface area (Å²) in [6.45, 7) is 6.83. The van der Waals surface area contributed by atoms with E-state index >= 15 is 0 Å². The Morgan fingerprint density at radius 1 is 1.26 bits per heavy atom. The molecule has 1 N–H and O–H groups in total. The van der Waals surface area contributed by atoms with E-state index in [1.807, 2.05) is 56.8 Å². The van der Waals surface area contributed by atoms with Crippen molar-refractivity contribution in [1.82, 2.24) is 24.9 Å². The van der Waals surface area contributed by atoms with Gasteiger partial charge in [0.15, 0.2) is 0 Å². The molecular weight excluding hydrogens is 342 g/mol. The first kappa shape index (κ1) is 18.7. The van der Waals surface area contributed by atoms with Gasteiger partial charge in [0, 0.05) is 25.4 Å². The molecule has 0 aliphatic heterocycles. The van der Waals surface area contributed by atoms with Crippen LogP contribution in [0.4, 0.5) is 0 Å². The maximum Gasteiger partial charge on any atom is 0.271 e. The Balaban J connectivity index is 1.64. The minimum absolute atomic E-state index is 0.124. The smallest absolute Gasteiger partial charge is 0.271 e. The zero-order valence-corrected chi connectivity index (χ0v) is 16.4. The van der Waals surface area contributed by atoms with Gasteiger partial charge >= 0.3 is 0 Å². The van der Waals surface area contributed by atoms with Crippen molar-refractivity contribution in [3.05, 3.63) is 53.0 Å². The fourth-order valence-electron chi connectivity index (χ4n) is 3.02. The van der Waals surface area contributed by atoms with Crippen LogP contribution < -0.4 is 4.74 Å². The minimum Gasteiger partial charge on any atom is -0.491 e. The molecule has 1 aromatic carbocycles. The Bertz CT molecular complexity index is 957. The van der Waals surface area contributed by atoms with Crippen LogP contribution in [0.15, 0.2) is 30.3 Å². The third kappa shape index (κ3) is 3.86. The predicted molar refractivity (Wildman–Crippen MR) is 104 cm³/mol. The van der Waals surface area contributed by atoms with Gasteiger partial charge in [0.05, 0.1) is 17.9 Å². The molecule has 7 heteroatoms. The standard InChI is InChI=1S/C20H25N5O2/c1-13-8-6-7-9-18(13)27-11-10-24(4)20(26)17-12-16(21-22-17)19-14(2)23-25(5)15(19)3/h6-9,12H,10-11H2,1-5H3,(H,21,22). The second-order valence-corrected chi connectivity index (χ2v) is 6.68. The first-order valence-electron chi connectivity index (χ1n) is 8.88. The van der Waals surface area contributed by atoms with E-state index in [9.17, 15) is 4.79 Å². The number of rotatable bonds is 6. The molecule has 0 unspecified atom stereocenters. The molecule has 2 aromatic heterocycles. The first-order valence-corrected chi connectivity index (χ1v) is 8.88. The normalized spacial score (nSPS) is 10.9. The van der Waals surface area contributed by atoms with Gasteiger partial charge in [-0.2, -0.15) is 10.2 Å². The highest BCUT2D eigenvalue weighted by atomic mass is 16.5. The van der Waals surface area contributed by atoms with Crippen molar-refractivity contribution in [3.8, 4) is 17.0 Å². The molecule has 0 saturated heterocycles. The van der Waals surface area contributed by atoms with Crippen molar-refractivity contribution < 1.29 is 9.53 Å². The molecule has 3 aromatic rings. The molecule has 0 aliphatic rings. The molecule has 7 nitrogen and oxygen atoms in total. The molecule has 27 heavy (non-hydrogen) atoms. The predicted octanol–water partition coefficient (Wildman–Crippen LogP) is 2.89. The Morgan fingerprint density at radius 3 is 2.67 bits per heavy atom. The van der Waals surface area contributed by atoms with E-state index in [1.54, 1.807) is 18.0 Å². The molecule has 0 aliphatic carbocycles. The zero-order chi connectivity index (χ0) is 19.6. The minimum atomic E-state index is -0.124. The highest BCUT2D eigenvalue weighted by Gasteiger charge is 2.19. The number of hydrogen-bond donors (Lipinski definition) is 1. The number of likely N-dealkylation sites (N-methyl/N-ethyl adjacent to an activating group) is 1. The number of carbonyl (C=O) groups excluding carboxylic acids is 1. The monoisotopic (exact) mass is 367 g/mol. The average Bonchev–Trinajstić information content (AvgIpc) is 3.20. The number of hydrogen-bond acceptors (Lipinski definition) is 4. The van der Waals surface area contributed by atoms with E-state index < -0.39 is 0 Å². The molecule has 2 heterocycles. The maximum atomic E-state index is 12.7. The van der Waals surface area contributed by atoms with Crippen LogP contribution in [0.1, 0.15) is 27.4 Å². The Morgan fingerprint density at radius 2 is 2.00 bits per heavy atom. The summed E-state index contributed by atoms with van der Waals surface area (Å²) in [6, 6.07) is 9.61. The molecule has 142 valence electrons. The van der Waals surface area contributed by atoms with Crippen LogP contribution in [-0.2, 0) is 7.05 Å². The maximum absolute atomic E-state index is 12.7. The molecule has 0 spiro atoms. The number of H-pyrrole nitrogens is 1. The number of aromatic nitrogens is 4. The van der Waals surface area contributed by atoms with Crippen molar-refractivity contribution in [2.45, 2.75) is 20.8 Å². The van der Waals surface area contributed by atoms with Crippen LogP contribution in [0.2, 0.25) is 0 Å². The molecule has 3 rings (SSSR count). The van der Waals surface area contributed by atoms with Crippen LogP contribution in [0.3, 0.4) is 0 Å². The number of aryl methyl sites for hydroxylation is 3. The van der Waals surface area contributed by atoms with Gasteiger partial charge in [-0.25, -0.2) is 0 Å². The van der Waals surface area contributed by atoms with Crippen LogP contribution in [0.5, 0.6) is 5.75 Å². The van der Waals surface area contributed by atoms with E-state index in [0.717, 1.165) is 34.0 Å². The lowest BCUT2D eigenvalue weighted by Gasteiger charge is -2.17. The van der Waals surface area contributed by atoms with E-state index in [2.05, 4.69) is 15.3 Å². The van der Waals surface area contributed by atoms with E-state index in [1.165, 1.54) is 0 Å². The summed E-state index contributed by atoms with van der Waals surface area (Å²) >= 11 is 0. The lowest BCUT2D eigenvalue weighted by Crippen LogP contribution is -2.31. The van der Waals surface area contributed by atoms with Crippen LogP contribution in [0, 0.1) is 20.8 Å².